The van der Waals surface area contributed by atoms with Gasteiger partial charge in [-0.2, -0.15) is 0 Å². The molecule has 0 unspecified atom stereocenters. The maximum Gasteiger partial charge on any atom is 0.295 e. The number of carbonyl (C=O) groups is 1. The van der Waals surface area contributed by atoms with E-state index in [9.17, 15) is 18.3 Å². The molecule has 0 saturated heterocycles. The normalized spacial score (nSPS) is 16.7. The lowest BCUT2D eigenvalue weighted by Crippen LogP contribution is -2.31. The van der Waals surface area contributed by atoms with Gasteiger partial charge >= 0.3 is 0 Å². The highest BCUT2D eigenvalue weighted by Gasteiger charge is 2.47. The summed E-state index contributed by atoms with van der Waals surface area (Å²) in [5.74, 6) is -1.55. The first-order chi connectivity index (χ1) is 15.2. The molecule has 1 atom stereocenters. The van der Waals surface area contributed by atoms with E-state index in [1.807, 2.05) is 26.0 Å². The van der Waals surface area contributed by atoms with Gasteiger partial charge in [-0.15, -0.1) is 0 Å². The van der Waals surface area contributed by atoms with Gasteiger partial charge in [0, 0.05) is 10.7 Å². The van der Waals surface area contributed by atoms with Gasteiger partial charge in [0.25, 0.3) is 5.91 Å². The second-order valence-corrected chi connectivity index (χ2v) is 10.0. The van der Waals surface area contributed by atoms with Crippen molar-refractivity contribution in [3.63, 3.8) is 0 Å². The largest absolute Gasteiger partial charge is 0.502 e. The first-order valence-electron chi connectivity index (χ1n) is 10.2. The second-order valence-electron chi connectivity index (χ2n) is 7.68. The smallest absolute Gasteiger partial charge is 0.295 e. The monoisotopic (exact) mass is 467 g/mol. The minimum Gasteiger partial charge on any atom is -0.502 e. The van der Waals surface area contributed by atoms with Crippen LogP contribution >= 0.6 is 11.6 Å². The fraction of sp³-hybridized carbons (Fsp3) is 0.160. The average Bonchev–Trinajstić information content (AvgIpc) is 3.06. The number of aliphatic hydroxyl groups is 1. The maximum atomic E-state index is 13.6. The molecule has 1 aliphatic heterocycles. The Kier molecular flexibility index (Phi) is 5.84. The van der Waals surface area contributed by atoms with Crippen LogP contribution < -0.4 is 4.90 Å². The highest BCUT2D eigenvalue weighted by Crippen LogP contribution is 2.45. The van der Waals surface area contributed by atoms with Crippen LogP contribution in [0, 0.1) is 6.92 Å². The van der Waals surface area contributed by atoms with Crippen molar-refractivity contribution in [2.45, 2.75) is 31.2 Å². The summed E-state index contributed by atoms with van der Waals surface area (Å²) in [6.07, 6.45) is 0.820. The first-order valence-corrected chi connectivity index (χ1v) is 12.0. The number of rotatable bonds is 5. The lowest BCUT2D eigenvalue weighted by Gasteiger charge is -2.27. The number of aliphatic hydroxyl groups excluding tert-OH is 1. The van der Waals surface area contributed by atoms with E-state index in [-0.39, 0.29) is 9.80 Å². The van der Waals surface area contributed by atoms with Gasteiger partial charge in [-0.25, -0.2) is 8.42 Å². The Bertz CT molecular complexity index is 1300. The summed E-state index contributed by atoms with van der Waals surface area (Å²) < 4.78 is 27.2. The molecule has 1 amide bonds. The molecule has 3 aromatic carbocycles. The predicted octanol–water partition coefficient (Wildman–Crippen LogP) is 5.54. The van der Waals surface area contributed by atoms with Gasteiger partial charge in [-0.05, 0) is 60.9 Å². The predicted molar refractivity (Wildman–Crippen MR) is 126 cm³/mol. The zero-order chi connectivity index (χ0) is 23.0. The zero-order valence-electron chi connectivity index (χ0n) is 17.6. The van der Waals surface area contributed by atoms with Crippen LogP contribution in [-0.2, 0) is 21.1 Å². The van der Waals surface area contributed by atoms with E-state index in [1.54, 1.807) is 48.5 Å². The highest BCUT2D eigenvalue weighted by molar-refractivity contribution is 7.95. The van der Waals surface area contributed by atoms with Crippen LogP contribution in [0.5, 0.6) is 0 Å². The van der Waals surface area contributed by atoms with Crippen molar-refractivity contribution in [2.24, 2.45) is 0 Å². The molecule has 4 rings (SSSR count). The summed E-state index contributed by atoms with van der Waals surface area (Å²) in [6.45, 7) is 3.87. The molecule has 0 spiro atoms. The molecule has 3 aromatic rings. The minimum atomic E-state index is -4.16. The third-order valence-corrected chi connectivity index (χ3v) is 7.73. The molecule has 164 valence electrons. The van der Waals surface area contributed by atoms with E-state index in [2.05, 4.69) is 0 Å². The topological polar surface area (TPSA) is 74.7 Å². The average molecular weight is 468 g/mol. The molecule has 0 fully saturated rings. The molecule has 0 saturated carbocycles. The second kappa shape index (κ2) is 8.45. The summed E-state index contributed by atoms with van der Waals surface area (Å²) in [5.41, 5.74) is 3.00. The first kappa shape index (κ1) is 22.1. The molecule has 0 radical (unpaired) electrons. The Hall–Kier alpha value is -3.09. The molecule has 1 aliphatic rings. The van der Waals surface area contributed by atoms with E-state index in [0.717, 1.165) is 17.5 Å². The third-order valence-electron chi connectivity index (χ3n) is 5.59. The summed E-state index contributed by atoms with van der Waals surface area (Å²) >= 11 is 6.01. The van der Waals surface area contributed by atoms with E-state index in [0.29, 0.717) is 16.3 Å². The van der Waals surface area contributed by atoms with Crippen LogP contribution in [0.4, 0.5) is 5.69 Å². The van der Waals surface area contributed by atoms with Crippen molar-refractivity contribution in [2.75, 3.05) is 4.90 Å². The quantitative estimate of drug-likeness (QED) is 0.534. The maximum absolute atomic E-state index is 13.6. The highest BCUT2D eigenvalue weighted by atomic mass is 35.5. The fourth-order valence-electron chi connectivity index (χ4n) is 3.81. The Morgan fingerprint density at radius 3 is 2.09 bits per heavy atom. The van der Waals surface area contributed by atoms with Crippen molar-refractivity contribution in [1.29, 1.82) is 0 Å². The Morgan fingerprint density at radius 1 is 0.938 bits per heavy atom. The Morgan fingerprint density at radius 2 is 1.53 bits per heavy atom. The summed E-state index contributed by atoms with van der Waals surface area (Å²) in [4.78, 5) is 14.2. The molecule has 7 heteroatoms. The van der Waals surface area contributed by atoms with Crippen LogP contribution in [0.2, 0.25) is 5.02 Å². The molecule has 0 aliphatic carbocycles. The summed E-state index contributed by atoms with van der Waals surface area (Å²) in [5, 5.41) is 11.3. The van der Waals surface area contributed by atoms with Gasteiger partial charge in [-0.1, -0.05) is 60.5 Å². The van der Waals surface area contributed by atoms with Crippen LogP contribution in [0.3, 0.4) is 0 Å². The number of amides is 1. The Labute approximate surface area is 192 Å². The van der Waals surface area contributed by atoms with E-state index in [1.165, 1.54) is 17.0 Å². The molecule has 1 heterocycles. The van der Waals surface area contributed by atoms with E-state index >= 15 is 0 Å². The van der Waals surface area contributed by atoms with Gasteiger partial charge in [-0.3, -0.25) is 9.69 Å². The molecule has 0 aromatic heterocycles. The van der Waals surface area contributed by atoms with E-state index < -0.39 is 27.5 Å². The van der Waals surface area contributed by atoms with Gasteiger partial charge < -0.3 is 5.11 Å². The van der Waals surface area contributed by atoms with Gasteiger partial charge in [0.05, 0.1) is 4.90 Å². The number of nitrogens with zero attached hydrogens (tertiary/aromatic N) is 1. The third kappa shape index (κ3) is 3.80. The van der Waals surface area contributed by atoms with E-state index in [4.69, 9.17) is 11.6 Å². The molecular formula is C25H22ClNO4S. The number of hydrogen-bond acceptors (Lipinski definition) is 4. The van der Waals surface area contributed by atoms with Crippen LogP contribution in [-0.4, -0.2) is 19.4 Å². The fourth-order valence-corrected chi connectivity index (χ4v) is 5.56. The van der Waals surface area contributed by atoms with Crippen molar-refractivity contribution in [3.05, 3.63) is 105 Å². The number of hydrogen-bond donors (Lipinski definition) is 1. The number of aryl methyl sites for hydroxylation is 2. The molecular weight excluding hydrogens is 446 g/mol. The lowest BCUT2D eigenvalue weighted by molar-refractivity contribution is -0.117. The van der Waals surface area contributed by atoms with Crippen LogP contribution in [0.25, 0.3) is 0 Å². The number of benzene rings is 3. The lowest BCUT2D eigenvalue weighted by atomic mass is 10.0. The van der Waals surface area contributed by atoms with Crippen LogP contribution in [0.1, 0.15) is 29.7 Å². The van der Waals surface area contributed by atoms with Crippen molar-refractivity contribution < 1.29 is 18.3 Å². The van der Waals surface area contributed by atoms with Gasteiger partial charge in [0.15, 0.2) is 5.76 Å². The number of anilines is 1. The summed E-state index contributed by atoms with van der Waals surface area (Å²) in [6, 6.07) is 19.2. The molecule has 32 heavy (non-hydrogen) atoms. The zero-order valence-corrected chi connectivity index (χ0v) is 19.2. The van der Waals surface area contributed by atoms with Crippen molar-refractivity contribution in [3.8, 4) is 0 Å². The molecule has 5 nitrogen and oxygen atoms in total. The summed E-state index contributed by atoms with van der Waals surface area (Å²) in [7, 11) is -4.16. The molecule has 1 N–H and O–H groups in total. The van der Waals surface area contributed by atoms with Crippen molar-refractivity contribution in [1.82, 2.24) is 0 Å². The number of sulfone groups is 1. The van der Waals surface area contributed by atoms with Crippen LogP contribution in [0.15, 0.2) is 88.4 Å². The standard InChI is InChI=1S/C25H22ClNO4S/c1-3-17-6-8-18(9-7-17)22-24(32(30,31)21-14-4-16(2)5-15-21)23(28)25(29)27(22)20-12-10-19(26)11-13-20/h4-15,22,28H,3H2,1-2H3/t22-/m0/s1. The Balaban J connectivity index is 1.92. The van der Waals surface area contributed by atoms with Crippen molar-refractivity contribution >= 4 is 33.0 Å². The SMILES string of the molecule is CCc1ccc([C@H]2C(S(=O)(=O)c3ccc(C)cc3)=C(O)C(=O)N2c2ccc(Cl)cc2)cc1. The molecule has 0 bridgehead atoms. The van der Waals surface area contributed by atoms with Gasteiger partial charge in [0.1, 0.15) is 10.9 Å². The minimum absolute atomic E-state index is 0.0191. The number of carbonyl (C=O) groups excluding carboxylic acids is 1. The number of halogens is 1. The van der Waals surface area contributed by atoms with Gasteiger partial charge in [0.2, 0.25) is 9.84 Å².